The van der Waals surface area contributed by atoms with E-state index in [9.17, 15) is 13.6 Å². The maximum Gasteiger partial charge on any atom is 0.251 e. The first-order chi connectivity index (χ1) is 6.66. The molecule has 0 saturated carbocycles. The molecule has 2 aliphatic heterocycles. The molecular formula is C10H15F2NO. The van der Waals surface area contributed by atoms with Crippen LogP contribution in [0.3, 0.4) is 0 Å². The zero-order chi connectivity index (χ0) is 10.1. The van der Waals surface area contributed by atoms with E-state index in [0.717, 1.165) is 19.3 Å². The van der Waals surface area contributed by atoms with E-state index in [1.807, 2.05) is 4.90 Å². The molecule has 0 spiro atoms. The van der Waals surface area contributed by atoms with Crippen molar-refractivity contribution in [3.05, 3.63) is 0 Å². The first kappa shape index (κ1) is 10.0. The van der Waals surface area contributed by atoms with Crippen molar-refractivity contribution in [2.24, 2.45) is 0 Å². The lowest BCUT2D eigenvalue weighted by Crippen LogP contribution is -2.53. The molecule has 0 aromatic heterocycles. The smallest absolute Gasteiger partial charge is 0.251 e. The molecule has 2 aliphatic rings. The first-order valence-corrected chi connectivity index (χ1v) is 5.22. The van der Waals surface area contributed by atoms with Crippen molar-refractivity contribution >= 4 is 5.78 Å². The number of Topliss-reactive ketones (excluding diaryl/α,β-unsaturated/α-hetero) is 1. The second-order valence-corrected chi connectivity index (χ2v) is 4.27. The summed E-state index contributed by atoms with van der Waals surface area (Å²) in [6.45, 7) is -0.150. The SMILES string of the molecule is O=C1CC2CCCC(C1)N2CC(F)F. The highest BCUT2D eigenvalue weighted by atomic mass is 19.3. The zero-order valence-electron chi connectivity index (χ0n) is 8.09. The Morgan fingerprint density at radius 3 is 2.36 bits per heavy atom. The van der Waals surface area contributed by atoms with Crippen LogP contribution in [0.5, 0.6) is 0 Å². The molecule has 0 aromatic carbocycles. The molecule has 0 amide bonds. The van der Waals surface area contributed by atoms with E-state index in [-0.39, 0.29) is 24.4 Å². The maximum absolute atomic E-state index is 12.3. The summed E-state index contributed by atoms with van der Waals surface area (Å²) in [7, 11) is 0. The Hall–Kier alpha value is -0.510. The number of nitrogens with zero attached hydrogens (tertiary/aromatic N) is 1. The zero-order valence-corrected chi connectivity index (χ0v) is 8.09. The molecule has 2 nitrogen and oxygen atoms in total. The summed E-state index contributed by atoms with van der Waals surface area (Å²) in [6.07, 6.45) is 1.62. The number of rotatable bonds is 2. The fraction of sp³-hybridized carbons (Fsp3) is 0.900. The molecule has 2 fully saturated rings. The topological polar surface area (TPSA) is 20.3 Å². The van der Waals surface area contributed by atoms with Crippen LogP contribution in [0.25, 0.3) is 0 Å². The molecule has 2 saturated heterocycles. The highest BCUT2D eigenvalue weighted by molar-refractivity contribution is 5.80. The van der Waals surface area contributed by atoms with E-state index in [1.54, 1.807) is 0 Å². The van der Waals surface area contributed by atoms with Crippen LogP contribution in [0, 0.1) is 0 Å². The maximum atomic E-state index is 12.3. The molecule has 0 radical (unpaired) electrons. The fourth-order valence-electron chi connectivity index (χ4n) is 2.72. The average Bonchev–Trinajstić information content (AvgIpc) is 2.05. The minimum Gasteiger partial charge on any atom is -0.300 e. The van der Waals surface area contributed by atoms with Gasteiger partial charge >= 0.3 is 0 Å². The standard InChI is InChI=1S/C10H15F2NO/c11-10(12)6-13-7-2-1-3-8(13)5-9(14)4-7/h7-8,10H,1-6H2. The molecule has 2 rings (SSSR count). The lowest BCUT2D eigenvalue weighted by Gasteiger charge is -2.45. The van der Waals surface area contributed by atoms with Gasteiger partial charge in [0, 0.05) is 24.9 Å². The summed E-state index contributed by atoms with van der Waals surface area (Å²) >= 11 is 0. The van der Waals surface area contributed by atoms with E-state index in [1.165, 1.54) is 0 Å². The van der Waals surface area contributed by atoms with Gasteiger partial charge < -0.3 is 0 Å². The van der Waals surface area contributed by atoms with Crippen LogP contribution in [-0.2, 0) is 4.79 Å². The predicted molar refractivity (Wildman–Crippen MR) is 48.4 cm³/mol. The van der Waals surface area contributed by atoms with Crippen LogP contribution >= 0.6 is 0 Å². The van der Waals surface area contributed by atoms with Crippen molar-refractivity contribution in [2.45, 2.75) is 50.6 Å². The summed E-state index contributed by atoms with van der Waals surface area (Å²) in [5, 5.41) is 0. The Kier molecular flexibility index (Phi) is 2.81. The molecule has 0 aromatic rings. The highest BCUT2D eigenvalue weighted by Crippen LogP contribution is 2.32. The lowest BCUT2D eigenvalue weighted by molar-refractivity contribution is -0.128. The summed E-state index contributed by atoms with van der Waals surface area (Å²) < 4.78 is 24.6. The first-order valence-electron chi connectivity index (χ1n) is 5.22. The number of ketones is 1. The van der Waals surface area contributed by atoms with Gasteiger partial charge in [-0.15, -0.1) is 0 Å². The molecule has 80 valence electrons. The normalized spacial score (nSPS) is 33.8. The largest absolute Gasteiger partial charge is 0.300 e. The monoisotopic (exact) mass is 203 g/mol. The van der Waals surface area contributed by atoms with Crippen LogP contribution in [0.2, 0.25) is 0 Å². The lowest BCUT2D eigenvalue weighted by atomic mass is 9.84. The van der Waals surface area contributed by atoms with E-state index >= 15 is 0 Å². The number of hydrogen-bond acceptors (Lipinski definition) is 2. The number of piperidine rings is 2. The Labute approximate surface area is 82.3 Å². The minimum absolute atomic E-state index is 0.101. The second kappa shape index (κ2) is 3.93. The van der Waals surface area contributed by atoms with Crippen molar-refractivity contribution in [1.82, 2.24) is 4.90 Å². The molecule has 2 heterocycles. The molecule has 2 unspecified atom stereocenters. The Bertz CT molecular complexity index is 216. The van der Waals surface area contributed by atoms with E-state index in [4.69, 9.17) is 0 Å². The predicted octanol–water partition coefficient (Wildman–Crippen LogP) is 1.84. The third-order valence-electron chi connectivity index (χ3n) is 3.29. The van der Waals surface area contributed by atoms with E-state index in [2.05, 4.69) is 0 Å². The summed E-state index contributed by atoms with van der Waals surface area (Å²) in [5.41, 5.74) is 0. The second-order valence-electron chi connectivity index (χ2n) is 4.27. The number of carbonyl (C=O) groups excluding carboxylic acids is 1. The van der Waals surface area contributed by atoms with Crippen LogP contribution in [-0.4, -0.2) is 35.7 Å². The quantitative estimate of drug-likeness (QED) is 0.682. The molecule has 2 atom stereocenters. The van der Waals surface area contributed by atoms with Gasteiger partial charge in [-0.25, -0.2) is 8.78 Å². The van der Waals surface area contributed by atoms with Gasteiger partial charge in [-0.2, -0.15) is 0 Å². The van der Waals surface area contributed by atoms with Gasteiger partial charge in [-0.3, -0.25) is 9.69 Å². The average molecular weight is 203 g/mol. The number of fused-ring (bicyclic) bond motifs is 2. The van der Waals surface area contributed by atoms with Crippen molar-refractivity contribution in [3.63, 3.8) is 0 Å². The van der Waals surface area contributed by atoms with Gasteiger partial charge in [0.2, 0.25) is 0 Å². The number of carbonyl (C=O) groups is 1. The molecule has 0 aliphatic carbocycles. The Balaban J connectivity index is 2.05. The van der Waals surface area contributed by atoms with E-state index < -0.39 is 6.43 Å². The van der Waals surface area contributed by atoms with Crippen molar-refractivity contribution in [1.29, 1.82) is 0 Å². The third-order valence-corrected chi connectivity index (χ3v) is 3.29. The molecule has 2 bridgehead atoms. The minimum atomic E-state index is -2.27. The van der Waals surface area contributed by atoms with Gasteiger partial charge in [-0.1, -0.05) is 6.42 Å². The summed E-state index contributed by atoms with van der Waals surface area (Å²) in [4.78, 5) is 13.2. The van der Waals surface area contributed by atoms with Crippen LogP contribution in [0.15, 0.2) is 0 Å². The Morgan fingerprint density at radius 1 is 1.29 bits per heavy atom. The molecular weight excluding hydrogens is 188 g/mol. The number of hydrogen-bond donors (Lipinski definition) is 0. The highest BCUT2D eigenvalue weighted by Gasteiger charge is 2.38. The van der Waals surface area contributed by atoms with Crippen molar-refractivity contribution < 1.29 is 13.6 Å². The van der Waals surface area contributed by atoms with E-state index in [0.29, 0.717) is 12.8 Å². The van der Waals surface area contributed by atoms with Gasteiger partial charge in [-0.05, 0) is 12.8 Å². The summed E-state index contributed by atoms with van der Waals surface area (Å²) in [6, 6.07) is 0.202. The van der Waals surface area contributed by atoms with Crippen LogP contribution in [0.4, 0.5) is 8.78 Å². The van der Waals surface area contributed by atoms with Gasteiger partial charge in [0.05, 0.1) is 6.54 Å². The van der Waals surface area contributed by atoms with Gasteiger partial charge in [0.15, 0.2) is 0 Å². The van der Waals surface area contributed by atoms with Crippen LogP contribution < -0.4 is 0 Å². The molecule has 0 N–H and O–H groups in total. The molecule has 14 heavy (non-hydrogen) atoms. The fourth-order valence-corrected chi connectivity index (χ4v) is 2.72. The summed E-state index contributed by atoms with van der Waals surface area (Å²) in [5.74, 6) is 0.255. The van der Waals surface area contributed by atoms with Crippen LogP contribution in [0.1, 0.15) is 32.1 Å². The Morgan fingerprint density at radius 2 is 1.86 bits per heavy atom. The van der Waals surface area contributed by atoms with Crippen molar-refractivity contribution in [3.8, 4) is 0 Å². The van der Waals surface area contributed by atoms with Gasteiger partial charge in [0.1, 0.15) is 5.78 Å². The van der Waals surface area contributed by atoms with Crippen molar-refractivity contribution in [2.75, 3.05) is 6.54 Å². The molecule has 4 heteroatoms. The third kappa shape index (κ3) is 1.95. The number of halogens is 2. The van der Waals surface area contributed by atoms with Gasteiger partial charge in [0.25, 0.3) is 6.43 Å². The number of alkyl halides is 2.